The molecule has 2 saturated carbocycles. The van der Waals surface area contributed by atoms with E-state index in [-0.39, 0.29) is 64.1 Å². The normalized spacial score (nSPS) is 23.5. The molecule has 0 radical (unpaired) electrons. The highest BCUT2D eigenvalue weighted by molar-refractivity contribution is 5.98. The third-order valence-corrected chi connectivity index (χ3v) is 17.7. The second kappa shape index (κ2) is 22.7. The number of nitrogens with zero attached hydrogens (tertiary/aromatic N) is 7. The lowest BCUT2D eigenvalue weighted by Crippen LogP contribution is -2.64. The highest BCUT2D eigenvalue weighted by Crippen LogP contribution is 2.47. The van der Waals surface area contributed by atoms with Crippen molar-refractivity contribution in [2.24, 2.45) is 17.3 Å². The van der Waals surface area contributed by atoms with Gasteiger partial charge in [0.25, 0.3) is 17.4 Å². The van der Waals surface area contributed by atoms with Crippen LogP contribution in [0.4, 0.5) is 4.39 Å². The van der Waals surface area contributed by atoms with E-state index in [4.69, 9.17) is 0 Å². The maximum Gasteiger partial charge on any atom is 0.272 e. The van der Waals surface area contributed by atoms with Gasteiger partial charge in [-0.15, -0.1) is 0 Å². The van der Waals surface area contributed by atoms with E-state index in [1.165, 1.54) is 6.07 Å². The zero-order chi connectivity index (χ0) is 52.4. The minimum atomic E-state index is -0.605. The Morgan fingerprint density at radius 2 is 1.45 bits per heavy atom. The molecule has 16 heteroatoms. The highest BCUT2D eigenvalue weighted by Gasteiger charge is 2.48. The van der Waals surface area contributed by atoms with Crippen LogP contribution in [0, 0.1) is 23.1 Å². The summed E-state index contributed by atoms with van der Waals surface area (Å²) in [5.41, 5.74) is 2.47. The van der Waals surface area contributed by atoms with Crippen LogP contribution in [0.5, 0.6) is 0 Å². The number of likely N-dealkylation sites (tertiary alicyclic amines) is 2. The fourth-order valence-corrected chi connectivity index (χ4v) is 13.1. The molecule has 5 heterocycles. The number of aromatic amines is 1. The first kappa shape index (κ1) is 52.4. The maximum absolute atomic E-state index is 15.2. The van der Waals surface area contributed by atoms with Crippen molar-refractivity contribution < 1.29 is 28.4 Å². The number of aromatic nitrogens is 2. The molecule has 4 atom stereocenters. The smallest absolute Gasteiger partial charge is 0.272 e. The van der Waals surface area contributed by atoms with E-state index in [1.807, 2.05) is 40.1 Å². The van der Waals surface area contributed by atoms with Gasteiger partial charge < -0.3 is 24.9 Å². The molecular formula is C59H76FN9O6. The number of fused-ring (bicyclic) bond motifs is 1. The predicted octanol–water partition coefficient (Wildman–Crippen LogP) is 6.46. The van der Waals surface area contributed by atoms with E-state index in [0.717, 1.165) is 115 Å². The lowest BCUT2D eigenvalue weighted by atomic mass is 9.82. The van der Waals surface area contributed by atoms with Gasteiger partial charge in [-0.3, -0.25) is 38.6 Å². The van der Waals surface area contributed by atoms with Crippen LogP contribution in [0.25, 0.3) is 10.8 Å². The number of halogens is 1. The summed E-state index contributed by atoms with van der Waals surface area (Å²) in [5, 5.41) is 11.3. The number of piperidine rings is 2. The topological polar surface area (TPSA) is 163 Å². The lowest BCUT2D eigenvalue weighted by molar-refractivity contribution is -0.143. The van der Waals surface area contributed by atoms with Gasteiger partial charge in [-0.05, 0) is 132 Å². The van der Waals surface area contributed by atoms with E-state index in [2.05, 4.69) is 57.1 Å². The number of amides is 5. The Bertz CT molecular complexity index is 2800. The Balaban J connectivity index is 0.680. The van der Waals surface area contributed by atoms with Crippen LogP contribution in [0.15, 0.2) is 71.5 Å². The molecule has 4 aliphatic heterocycles. The standard InChI is InChI=1S/C59H76FN9O6/c1-39-34-65(35-40(2)69(39)57(74)53(43-11-5-4-6-12-43)61-54(71)45-14-9-13-44(33-45)46-15-10-24-68(37-46)58(75)59(3)22-23-59)36-41-20-25-64(26-21-41)38-52(70)66-27-29-67(30-28-66)56(73)49-31-42(18-19-50(49)60)32-51-47-16-7-8-17-48(47)55(72)63-62-51/h7-9,13-14,16-19,31,33,39-41,43,46,53H,4-6,10-12,15,20-30,32,34-38H2,1-3H3,(H,61,71)(H,63,72)/t39-,40+,46-,53-/m1/s1. The number of H-pyrrole nitrogens is 1. The molecular weight excluding hydrogens is 950 g/mol. The van der Waals surface area contributed by atoms with Gasteiger partial charge in [0.2, 0.25) is 17.7 Å². The average Bonchev–Trinajstić information content (AvgIpc) is 4.19. The third kappa shape index (κ3) is 11.9. The monoisotopic (exact) mass is 1030 g/mol. The third-order valence-electron chi connectivity index (χ3n) is 17.7. The van der Waals surface area contributed by atoms with Crippen LogP contribution >= 0.6 is 0 Å². The summed E-state index contributed by atoms with van der Waals surface area (Å²) in [4.78, 5) is 94.0. The number of nitrogens with one attached hydrogen (secondary N) is 2. The summed E-state index contributed by atoms with van der Waals surface area (Å²) in [5.74, 6) is -0.150. The SMILES string of the molecule is C[C@@H]1CN(CC2CCN(CC(=O)N3CCN(C(=O)c4cc(Cc5n[nH]c(=O)c6ccccc56)ccc4F)CC3)CC2)C[C@H](C)N1C(=O)[C@H](NC(=O)c1cccc([C@@H]2CCCN(C(=O)C3(C)CC3)C2)c1)C1CCCCC1. The Hall–Kier alpha value is -6.00. The van der Waals surface area contributed by atoms with Gasteiger partial charge in [0.05, 0.1) is 23.2 Å². The summed E-state index contributed by atoms with van der Waals surface area (Å²) < 4.78 is 15.2. The van der Waals surface area contributed by atoms with Crippen molar-refractivity contribution in [2.45, 2.75) is 122 Å². The summed E-state index contributed by atoms with van der Waals surface area (Å²) in [6, 6.07) is 18.9. The van der Waals surface area contributed by atoms with Crippen molar-refractivity contribution in [3.8, 4) is 0 Å². The Kier molecular flexibility index (Phi) is 15.9. The van der Waals surface area contributed by atoms with Crippen LogP contribution in [0.2, 0.25) is 0 Å². The first-order valence-electron chi connectivity index (χ1n) is 28.0. The largest absolute Gasteiger partial charge is 0.342 e. The summed E-state index contributed by atoms with van der Waals surface area (Å²) in [7, 11) is 0. The molecule has 4 saturated heterocycles. The fraction of sp³-hybridized carbons (Fsp3) is 0.576. The number of rotatable bonds is 13. The maximum atomic E-state index is 15.2. The van der Waals surface area contributed by atoms with E-state index in [0.29, 0.717) is 79.2 Å². The van der Waals surface area contributed by atoms with Crippen molar-refractivity contribution in [3.05, 3.63) is 111 Å². The molecule has 6 fully saturated rings. The quantitative estimate of drug-likeness (QED) is 0.153. The van der Waals surface area contributed by atoms with E-state index in [1.54, 1.807) is 29.2 Å². The number of piperazine rings is 2. The Morgan fingerprint density at radius 3 is 2.17 bits per heavy atom. The van der Waals surface area contributed by atoms with Crippen LogP contribution in [-0.4, -0.2) is 166 Å². The molecule has 15 nitrogen and oxygen atoms in total. The van der Waals surface area contributed by atoms with Crippen molar-refractivity contribution in [3.63, 3.8) is 0 Å². The summed E-state index contributed by atoms with van der Waals surface area (Å²) >= 11 is 0. The van der Waals surface area contributed by atoms with Gasteiger partial charge in [0.15, 0.2) is 0 Å². The molecule has 75 heavy (non-hydrogen) atoms. The van der Waals surface area contributed by atoms with Gasteiger partial charge in [-0.2, -0.15) is 5.10 Å². The number of hydrogen-bond donors (Lipinski definition) is 2. The lowest BCUT2D eigenvalue weighted by Gasteiger charge is -2.47. The van der Waals surface area contributed by atoms with Crippen molar-refractivity contribution >= 4 is 40.3 Å². The van der Waals surface area contributed by atoms with Crippen LogP contribution in [-0.2, 0) is 20.8 Å². The van der Waals surface area contributed by atoms with Crippen molar-refractivity contribution in [1.82, 2.24) is 44.9 Å². The van der Waals surface area contributed by atoms with Gasteiger partial charge >= 0.3 is 0 Å². The molecule has 2 N–H and O–H groups in total. The van der Waals surface area contributed by atoms with E-state index in [9.17, 15) is 28.8 Å². The molecule has 0 bridgehead atoms. The number of benzene rings is 3. The molecule has 6 aliphatic rings. The Labute approximate surface area is 440 Å². The second-order valence-electron chi connectivity index (χ2n) is 23.2. The van der Waals surface area contributed by atoms with E-state index >= 15 is 4.39 Å². The number of hydrogen-bond acceptors (Lipinski definition) is 9. The molecule has 1 aromatic heterocycles. The average molecular weight is 1030 g/mol. The summed E-state index contributed by atoms with van der Waals surface area (Å²) in [6.45, 7) is 13.7. The summed E-state index contributed by atoms with van der Waals surface area (Å²) in [6.07, 6.45) is 11.2. The first-order chi connectivity index (χ1) is 36.2. The molecule has 2 aliphatic carbocycles. The molecule has 0 unspecified atom stereocenters. The van der Waals surface area contributed by atoms with Crippen LogP contribution in [0.1, 0.15) is 135 Å². The van der Waals surface area contributed by atoms with Gasteiger partial charge in [0, 0.05) is 99.7 Å². The molecule has 5 amide bonds. The Morgan fingerprint density at radius 1 is 0.747 bits per heavy atom. The van der Waals surface area contributed by atoms with Crippen molar-refractivity contribution in [1.29, 1.82) is 0 Å². The fourth-order valence-electron chi connectivity index (χ4n) is 13.1. The van der Waals surface area contributed by atoms with Crippen LogP contribution in [0.3, 0.4) is 0 Å². The number of carbonyl (C=O) groups excluding carboxylic acids is 5. The zero-order valence-electron chi connectivity index (χ0n) is 44.2. The van der Waals surface area contributed by atoms with E-state index < -0.39 is 17.8 Å². The van der Waals surface area contributed by atoms with Gasteiger partial charge in [0.1, 0.15) is 11.9 Å². The minimum absolute atomic E-state index is 0.0210. The van der Waals surface area contributed by atoms with Gasteiger partial charge in [-0.25, -0.2) is 9.49 Å². The van der Waals surface area contributed by atoms with Crippen LogP contribution < -0.4 is 10.9 Å². The highest BCUT2D eigenvalue weighted by atomic mass is 19.1. The molecule has 0 spiro atoms. The minimum Gasteiger partial charge on any atom is -0.342 e. The molecule has 3 aromatic carbocycles. The van der Waals surface area contributed by atoms with Gasteiger partial charge in [-0.1, -0.05) is 62.6 Å². The second-order valence-corrected chi connectivity index (χ2v) is 23.2. The zero-order valence-corrected chi connectivity index (χ0v) is 44.2. The molecule has 10 rings (SSSR count). The van der Waals surface area contributed by atoms with Crippen molar-refractivity contribution in [2.75, 3.05) is 78.5 Å². The molecule has 400 valence electrons. The first-order valence-corrected chi connectivity index (χ1v) is 28.0. The predicted molar refractivity (Wildman–Crippen MR) is 286 cm³/mol. The number of carbonyl (C=O) groups is 5. The molecule has 4 aromatic rings.